The minimum absolute atomic E-state index is 0.0392. The van der Waals surface area contributed by atoms with Crippen molar-refractivity contribution in [3.63, 3.8) is 0 Å². The van der Waals surface area contributed by atoms with Crippen molar-refractivity contribution in [3.05, 3.63) is 41.8 Å². The Kier molecular flexibility index (Phi) is 3.94. The molecule has 1 amide bonds. The first-order valence-electron chi connectivity index (χ1n) is 7.29. The van der Waals surface area contributed by atoms with Gasteiger partial charge in [-0.3, -0.25) is 9.78 Å². The Hall–Kier alpha value is -2.24. The minimum atomic E-state index is 0.0392. The van der Waals surface area contributed by atoms with E-state index < -0.39 is 0 Å². The van der Waals surface area contributed by atoms with Crippen molar-refractivity contribution in [1.29, 1.82) is 0 Å². The second kappa shape index (κ2) is 6.03. The number of hydrogen-bond acceptors (Lipinski definition) is 5. The molecule has 1 atom stereocenters. The molecule has 2 aromatic heterocycles. The topological polar surface area (TPSA) is 72.1 Å². The van der Waals surface area contributed by atoms with E-state index in [1.807, 2.05) is 11.8 Å². The molecule has 1 aliphatic rings. The summed E-state index contributed by atoms with van der Waals surface area (Å²) in [6, 6.07) is 3.49. The van der Waals surface area contributed by atoms with Crippen LogP contribution in [0.15, 0.2) is 29.0 Å². The molecular weight excluding hydrogens is 268 g/mol. The molecule has 0 saturated carbocycles. The fraction of sp³-hybridized carbons (Fsp3) is 0.467. The highest BCUT2D eigenvalue weighted by molar-refractivity contribution is 5.94. The maximum Gasteiger partial charge on any atom is 0.253 e. The van der Waals surface area contributed by atoms with Gasteiger partial charge >= 0.3 is 0 Å². The second-order valence-electron chi connectivity index (χ2n) is 5.23. The first-order valence-corrected chi connectivity index (χ1v) is 7.29. The Balaban J connectivity index is 1.72. The molecule has 1 aliphatic heterocycles. The number of rotatable bonds is 3. The number of likely N-dealkylation sites (tertiary alicyclic amines) is 1. The van der Waals surface area contributed by atoms with E-state index in [1.54, 1.807) is 24.5 Å². The van der Waals surface area contributed by atoms with Crippen molar-refractivity contribution in [2.45, 2.75) is 32.1 Å². The van der Waals surface area contributed by atoms with E-state index in [9.17, 15) is 4.79 Å². The summed E-state index contributed by atoms with van der Waals surface area (Å²) in [6.07, 6.45) is 5.97. The summed E-state index contributed by atoms with van der Waals surface area (Å²) in [5.74, 6) is 1.55. The van der Waals surface area contributed by atoms with E-state index in [0.717, 1.165) is 31.6 Å². The van der Waals surface area contributed by atoms with Crippen LogP contribution in [-0.2, 0) is 6.42 Å². The number of carbonyl (C=O) groups excluding carboxylic acids is 1. The van der Waals surface area contributed by atoms with Gasteiger partial charge in [-0.1, -0.05) is 12.1 Å². The lowest BCUT2D eigenvalue weighted by Gasteiger charge is -2.31. The zero-order chi connectivity index (χ0) is 14.7. The van der Waals surface area contributed by atoms with Crippen LogP contribution in [0.3, 0.4) is 0 Å². The van der Waals surface area contributed by atoms with Crippen LogP contribution in [0.2, 0.25) is 0 Å². The van der Waals surface area contributed by atoms with Crippen molar-refractivity contribution >= 4 is 5.91 Å². The molecule has 2 aromatic rings. The summed E-state index contributed by atoms with van der Waals surface area (Å²) < 4.78 is 5.32. The lowest BCUT2D eigenvalue weighted by atomic mass is 9.97. The van der Waals surface area contributed by atoms with Crippen LogP contribution in [0, 0.1) is 0 Å². The van der Waals surface area contributed by atoms with Crippen LogP contribution in [0.1, 0.15) is 47.8 Å². The van der Waals surface area contributed by atoms with Crippen LogP contribution < -0.4 is 0 Å². The molecule has 0 radical (unpaired) electrons. The lowest BCUT2D eigenvalue weighted by molar-refractivity contribution is 0.0695. The molecule has 21 heavy (non-hydrogen) atoms. The number of pyridine rings is 1. The van der Waals surface area contributed by atoms with Crippen LogP contribution in [0.5, 0.6) is 0 Å². The van der Waals surface area contributed by atoms with Gasteiger partial charge in [0.1, 0.15) is 0 Å². The third-order valence-corrected chi connectivity index (χ3v) is 3.79. The first-order chi connectivity index (χ1) is 10.3. The summed E-state index contributed by atoms with van der Waals surface area (Å²) in [4.78, 5) is 22.7. The van der Waals surface area contributed by atoms with Gasteiger partial charge in [0.05, 0.1) is 5.92 Å². The largest absolute Gasteiger partial charge is 0.339 e. The number of carbonyl (C=O) groups is 1. The fourth-order valence-corrected chi connectivity index (χ4v) is 2.62. The smallest absolute Gasteiger partial charge is 0.253 e. The van der Waals surface area contributed by atoms with Gasteiger partial charge in [-0.15, -0.1) is 0 Å². The molecule has 0 bridgehead atoms. The molecule has 0 aliphatic carbocycles. The average molecular weight is 286 g/mol. The highest BCUT2D eigenvalue weighted by atomic mass is 16.5. The van der Waals surface area contributed by atoms with Gasteiger partial charge in [-0.05, 0) is 25.0 Å². The Morgan fingerprint density at radius 3 is 2.95 bits per heavy atom. The summed E-state index contributed by atoms with van der Waals surface area (Å²) in [6.45, 7) is 3.40. The third-order valence-electron chi connectivity index (χ3n) is 3.79. The van der Waals surface area contributed by atoms with Crippen LogP contribution in [-0.4, -0.2) is 39.0 Å². The number of amides is 1. The lowest BCUT2D eigenvalue weighted by Crippen LogP contribution is -2.39. The molecule has 0 unspecified atom stereocenters. The molecule has 1 saturated heterocycles. The number of hydrogen-bond donors (Lipinski definition) is 0. The van der Waals surface area contributed by atoms with Crippen molar-refractivity contribution in [2.24, 2.45) is 0 Å². The predicted octanol–water partition coefficient (Wildman–Crippen LogP) is 2.05. The number of aromatic nitrogens is 3. The number of nitrogens with zero attached hydrogens (tertiary/aromatic N) is 4. The summed E-state index contributed by atoms with van der Waals surface area (Å²) >= 11 is 0. The van der Waals surface area contributed by atoms with Gasteiger partial charge in [0, 0.05) is 37.5 Å². The maximum atomic E-state index is 12.5. The SMILES string of the molecule is CCc1noc([C@H]2CCCN(C(=O)c3ccncc3)C2)n1. The van der Waals surface area contributed by atoms with E-state index in [0.29, 0.717) is 18.0 Å². The fourth-order valence-electron chi connectivity index (χ4n) is 2.62. The summed E-state index contributed by atoms with van der Waals surface area (Å²) in [5, 5.41) is 3.94. The highest BCUT2D eigenvalue weighted by Crippen LogP contribution is 2.26. The van der Waals surface area contributed by atoms with Gasteiger partial charge in [-0.25, -0.2) is 0 Å². The minimum Gasteiger partial charge on any atom is -0.339 e. The maximum absolute atomic E-state index is 12.5. The Bertz CT molecular complexity index is 611. The molecule has 0 spiro atoms. The van der Waals surface area contributed by atoms with Crippen molar-refractivity contribution in [3.8, 4) is 0 Å². The van der Waals surface area contributed by atoms with E-state index in [1.165, 1.54) is 0 Å². The highest BCUT2D eigenvalue weighted by Gasteiger charge is 2.28. The number of aryl methyl sites for hydroxylation is 1. The Morgan fingerprint density at radius 1 is 1.43 bits per heavy atom. The van der Waals surface area contributed by atoms with E-state index in [2.05, 4.69) is 15.1 Å². The van der Waals surface area contributed by atoms with E-state index in [-0.39, 0.29) is 11.8 Å². The van der Waals surface area contributed by atoms with Crippen molar-refractivity contribution in [2.75, 3.05) is 13.1 Å². The van der Waals surface area contributed by atoms with Crippen molar-refractivity contribution in [1.82, 2.24) is 20.0 Å². The molecule has 0 aromatic carbocycles. The summed E-state index contributed by atoms with van der Waals surface area (Å²) in [7, 11) is 0. The molecule has 110 valence electrons. The molecule has 6 nitrogen and oxygen atoms in total. The monoisotopic (exact) mass is 286 g/mol. The van der Waals surface area contributed by atoms with Crippen LogP contribution in [0.25, 0.3) is 0 Å². The predicted molar refractivity (Wildman–Crippen MR) is 75.8 cm³/mol. The molecule has 6 heteroatoms. The second-order valence-corrected chi connectivity index (χ2v) is 5.23. The first kappa shape index (κ1) is 13.7. The Morgan fingerprint density at radius 2 is 2.24 bits per heavy atom. The zero-order valence-corrected chi connectivity index (χ0v) is 12.0. The quantitative estimate of drug-likeness (QED) is 0.863. The van der Waals surface area contributed by atoms with E-state index in [4.69, 9.17) is 4.52 Å². The zero-order valence-electron chi connectivity index (χ0n) is 12.0. The molecule has 3 heterocycles. The number of piperidine rings is 1. The van der Waals surface area contributed by atoms with Gasteiger partial charge in [0.25, 0.3) is 5.91 Å². The molecule has 3 rings (SSSR count). The normalized spacial score (nSPS) is 18.7. The average Bonchev–Trinajstić information content (AvgIpc) is 3.04. The van der Waals surface area contributed by atoms with Crippen molar-refractivity contribution < 1.29 is 9.32 Å². The van der Waals surface area contributed by atoms with E-state index >= 15 is 0 Å². The molecule has 0 N–H and O–H groups in total. The molecular formula is C15H18N4O2. The van der Waals surface area contributed by atoms with Gasteiger partial charge in [0.15, 0.2) is 5.82 Å². The van der Waals surface area contributed by atoms with Gasteiger partial charge in [0.2, 0.25) is 5.89 Å². The standard InChI is InChI=1S/C15H18N4O2/c1-2-13-17-14(21-18-13)12-4-3-9-19(10-12)15(20)11-5-7-16-8-6-11/h5-8,12H,2-4,9-10H2,1H3/t12-/m0/s1. The van der Waals surface area contributed by atoms with Crippen LogP contribution in [0.4, 0.5) is 0 Å². The third kappa shape index (κ3) is 2.94. The van der Waals surface area contributed by atoms with Gasteiger partial charge < -0.3 is 9.42 Å². The van der Waals surface area contributed by atoms with Gasteiger partial charge in [-0.2, -0.15) is 4.98 Å². The molecule has 1 fully saturated rings. The summed E-state index contributed by atoms with van der Waals surface area (Å²) in [5.41, 5.74) is 0.672. The van der Waals surface area contributed by atoms with Crippen LogP contribution >= 0.6 is 0 Å². The Labute approximate surface area is 123 Å².